The highest BCUT2D eigenvalue weighted by Gasteiger charge is 2.50. The molecule has 1 aliphatic heterocycles. The van der Waals surface area contributed by atoms with Crippen LogP contribution in [0.15, 0.2) is 24.8 Å². The van der Waals surface area contributed by atoms with Crippen LogP contribution >= 0.6 is 35.2 Å². The number of phosphoric ester groups is 3. The zero-order valence-corrected chi connectivity index (χ0v) is 35.6. The first-order valence-electron chi connectivity index (χ1n) is 17.8. The van der Waals surface area contributed by atoms with Crippen LogP contribution < -0.4 is 16.4 Å². The number of ether oxygens (including phenoxy) is 1. The topological polar surface area (TPSA) is 401 Å². The summed E-state index contributed by atoms with van der Waals surface area (Å²) in [5.41, 5.74) is 4.23. The number of aliphatic hydroxyl groups excluding tert-OH is 2. The van der Waals surface area contributed by atoms with Gasteiger partial charge in [-0.3, -0.25) is 37.3 Å². The summed E-state index contributed by atoms with van der Waals surface area (Å²) < 4.78 is 62.1. The van der Waals surface area contributed by atoms with Crippen LogP contribution in [-0.2, 0) is 55.5 Å². The van der Waals surface area contributed by atoms with Gasteiger partial charge >= 0.3 is 29.4 Å². The lowest BCUT2D eigenvalue weighted by Gasteiger charge is -2.30. The van der Waals surface area contributed by atoms with E-state index in [9.17, 15) is 62.7 Å². The van der Waals surface area contributed by atoms with E-state index in [0.29, 0.717) is 25.0 Å². The minimum Gasteiger partial charge on any atom is -0.481 e. The number of fused-ring (bicyclic) bond motifs is 1. The fourth-order valence-corrected chi connectivity index (χ4v) is 8.75. The van der Waals surface area contributed by atoms with E-state index in [0.717, 1.165) is 35.4 Å². The zero-order valence-electron chi connectivity index (χ0n) is 32.1. The van der Waals surface area contributed by atoms with E-state index in [1.165, 1.54) is 13.8 Å². The number of aliphatic carboxylic acids is 1. The Kier molecular flexibility index (Phi) is 19.4. The molecule has 7 atom stereocenters. The van der Waals surface area contributed by atoms with Crippen molar-refractivity contribution in [1.29, 1.82) is 0 Å². The lowest BCUT2D eigenvalue weighted by molar-refractivity contribution is -0.137. The van der Waals surface area contributed by atoms with E-state index in [-0.39, 0.29) is 48.0 Å². The summed E-state index contributed by atoms with van der Waals surface area (Å²) in [4.78, 5) is 98.1. The summed E-state index contributed by atoms with van der Waals surface area (Å²) in [6.45, 7) is 0.381. The number of hydrogen-bond donors (Lipinski definition) is 10. The quantitative estimate of drug-likeness (QED) is 0.0343. The highest BCUT2D eigenvalue weighted by Crippen LogP contribution is 2.61. The molecule has 1 fully saturated rings. The molecule has 7 unspecified atom stereocenters. The summed E-state index contributed by atoms with van der Waals surface area (Å²) in [7, 11) is -16.4. The van der Waals surface area contributed by atoms with Gasteiger partial charge in [-0.25, -0.2) is 28.6 Å². The number of aliphatic hydroxyl groups is 2. The number of phosphoric acid groups is 3. The summed E-state index contributed by atoms with van der Waals surface area (Å²) in [5.74, 6) is -2.12. The van der Waals surface area contributed by atoms with Gasteiger partial charge in [-0.05, 0) is 19.3 Å². The SMILES string of the molecule is CC(C)(COP(=O)(O)OP(=O)(O)OCC1OC(n2cnc3c(N)ncnc32)C(O)C1OP(=O)(O)O)C(O)C(=O)NCCC(=O)NCCSC(=O)CCCC/C=C/CC(=O)O. The number of nitrogens with two attached hydrogens (primary N) is 1. The summed E-state index contributed by atoms with van der Waals surface area (Å²) >= 11 is 1.05. The number of imidazole rings is 1. The lowest BCUT2D eigenvalue weighted by Crippen LogP contribution is -2.46. The van der Waals surface area contributed by atoms with Crippen molar-refractivity contribution < 1.29 is 90.4 Å². The fraction of sp³-hybridized carbons (Fsp3) is 0.633. The van der Waals surface area contributed by atoms with E-state index in [1.807, 2.05) is 0 Å². The first-order valence-corrected chi connectivity index (χ1v) is 23.3. The maximum atomic E-state index is 12.7. The number of nitrogen functional groups attached to an aromatic ring is 1. The van der Waals surface area contributed by atoms with Crippen molar-refractivity contribution in [3.8, 4) is 0 Å². The Morgan fingerprint density at radius 1 is 1.02 bits per heavy atom. The Morgan fingerprint density at radius 3 is 2.40 bits per heavy atom. The van der Waals surface area contributed by atoms with Gasteiger partial charge < -0.3 is 56.0 Å². The van der Waals surface area contributed by atoms with Crippen LogP contribution in [-0.4, -0.2) is 134 Å². The third-order valence-corrected chi connectivity index (χ3v) is 12.3. The van der Waals surface area contributed by atoms with Crippen molar-refractivity contribution in [2.24, 2.45) is 5.41 Å². The monoisotopic (exact) mass is 935 g/mol. The standard InChI is InChI=1S/C30H48N7O19P3S/c1-30(2,25(43)28(44)33-11-10-19(38)32-12-13-60-21(41)9-7-5-3-4-6-8-20(39)40)15-53-59(50,51)56-58(48,49)52-14-18-24(55-57(45,46)47)23(42)29(54-18)37-17-36-22-26(31)34-16-35-27(22)37/h4,6,16-18,23-25,29,42-43H,3,5,7-15H2,1-2H3,(H,32,38)(H,33,44)(H,39,40)(H,48,49)(H,50,51)(H2,31,34,35)(H2,45,46,47)/b6-4+. The predicted molar refractivity (Wildman–Crippen MR) is 207 cm³/mol. The molecular weight excluding hydrogens is 887 g/mol. The molecule has 2 aromatic heterocycles. The number of hydrogen-bond acceptors (Lipinski definition) is 19. The highest BCUT2D eigenvalue weighted by atomic mass is 32.2. The van der Waals surface area contributed by atoms with Crippen molar-refractivity contribution in [3.63, 3.8) is 0 Å². The summed E-state index contributed by atoms with van der Waals surface area (Å²) in [6, 6.07) is 0. The molecule has 338 valence electrons. The second kappa shape index (κ2) is 22.7. The van der Waals surface area contributed by atoms with Gasteiger partial charge in [-0.15, -0.1) is 0 Å². The summed E-state index contributed by atoms with van der Waals surface area (Å²) in [5, 5.41) is 34.9. The van der Waals surface area contributed by atoms with Gasteiger partial charge in [0.2, 0.25) is 11.8 Å². The lowest BCUT2D eigenvalue weighted by atomic mass is 9.87. The fourth-order valence-electron chi connectivity index (χ4n) is 5.20. The van der Waals surface area contributed by atoms with Gasteiger partial charge in [-0.2, -0.15) is 4.31 Å². The number of nitrogens with zero attached hydrogens (tertiary/aromatic N) is 4. The Balaban J connectivity index is 1.41. The number of carboxylic acid groups (broad SMARTS) is 1. The number of rotatable bonds is 26. The van der Waals surface area contributed by atoms with Gasteiger partial charge in [0, 0.05) is 37.1 Å². The third kappa shape index (κ3) is 16.9. The number of nitrogens with one attached hydrogen (secondary N) is 2. The molecule has 30 heteroatoms. The number of amides is 2. The smallest absolute Gasteiger partial charge is 0.481 e. The average molecular weight is 936 g/mol. The van der Waals surface area contributed by atoms with Crippen molar-refractivity contribution in [2.75, 3.05) is 37.8 Å². The molecule has 1 aliphatic rings. The van der Waals surface area contributed by atoms with Crippen LogP contribution in [0.1, 0.15) is 58.6 Å². The molecule has 11 N–H and O–H groups in total. The van der Waals surface area contributed by atoms with E-state index >= 15 is 0 Å². The van der Waals surface area contributed by atoms with Gasteiger partial charge in [0.25, 0.3) is 0 Å². The molecule has 60 heavy (non-hydrogen) atoms. The molecule has 26 nitrogen and oxygen atoms in total. The second-order valence-corrected chi connectivity index (χ2v) is 19.0. The molecule has 0 saturated carbocycles. The number of carbonyl (C=O) groups is 4. The van der Waals surface area contributed by atoms with Crippen LogP contribution in [0.4, 0.5) is 5.82 Å². The van der Waals surface area contributed by atoms with Crippen molar-refractivity contribution in [3.05, 3.63) is 24.8 Å². The van der Waals surface area contributed by atoms with Gasteiger partial charge in [-0.1, -0.05) is 37.8 Å². The molecule has 0 spiro atoms. The molecule has 3 rings (SSSR count). The summed E-state index contributed by atoms with van der Waals surface area (Å²) in [6.07, 6.45) is -1.42. The first kappa shape index (κ1) is 51.1. The number of carbonyl (C=O) groups excluding carboxylic acids is 3. The molecular formula is C30H48N7O19P3S. The van der Waals surface area contributed by atoms with Crippen LogP contribution in [0.2, 0.25) is 0 Å². The van der Waals surface area contributed by atoms with E-state index in [1.54, 1.807) is 12.2 Å². The second-order valence-electron chi connectivity index (χ2n) is 13.6. The normalized spacial score (nSPS) is 21.1. The minimum absolute atomic E-state index is 0.0230. The average Bonchev–Trinajstić information content (AvgIpc) is 3.70. The number of carboxylic acids is 1. The van der Waals surface area contributed by atoms with Gasteiger partial charge in [0.15, 0.2) is 22.8 Å². The maximum Gasteiger partial charge on any atom is 0.481 e. The number of anilines is 1. The molecule has 0 bridgehead atoms. The van der Waals surface area contributed by atoms with E-state index in [4.69, 9.17) is 24.6 Å². The van der Waals surface area contributed by atoms with Crippen molar-refractivity contribution in [2.45, 2.75) is 83.0 Å². The molecule has 0 aliphatic carbocycles. The largest absolute Gasteiger partial charge is 0.481 e. The van der Waals surface area contributed by atoms with Crippen molar-refractivity contribution in [1.82, 2.24) is 30.2 Å². The van der Waals surface area contributed by atoms with Crippen LogP contribution in [0.5, 0.6) is 0 Å². The zero-order chi connectivity index (χ0) is 44.9. The Bertz CT molecular complexity index is 1980. The van der Waals surface area contributed by atoms with Crippen LogP contribution in [0.3, 0.4) is 0 Å². The number of allylic oxidation sites excluding steroid dienone is 1. The number of aromatic nitrogens is 4. The number of thioether (sulfide) groups is 1. The molecule has 2 amide bonds. The van der Waals surface area contributed by atoms with Gasteiger partial charge in [0.05, 0.1) is 26.0 Å². The first-order chi connectivity index (χ1) is 27.9. The predicted octanol–water partition coefficient (Wildman–Crippen LogP) is 0.256. The van der Waals surface area contributed by atoms with Gasteiger partial charge in [0.1, 0.15) is 36.3 Å². The molecule has 0 aromatic carbocycles. The molecule has 1 saturated heterocycles. The highest BCUT2D eigenvalue weighted by molar-refractivity contribution is 8.13. The maximum absolute atomic E-state index is 12.7. The van der Waals surface area contributed by atoms with E-state index < -0.39 is 90.5 Å². The molecule has 0 radical (unpaired) electrons. The molecule has 2 aromatic rings. The third-order valence-electron chi connectivity index (χ3n) is 8.23. The Hall–Kier alpha value is -3.23. The van der Waals surface area contributed by atoms with E-state index in [2.05, 4.69) is 34.4 Å². The Labute approximate surface area is 346 Å². The number of unbranched alkanes of at least 4 members (excludes halogenated alkanes) is 2. The molecule has 3 heterocycles. The van der Waals surface area contributed by atoms with Crippen molar-refractivity contribution >= 4 is 75.1 Å². The Morgan fingerprint density at radius 2 is 1.72 bits per heavy atom. The van der Waals surface area contributed by atoms with Crippen LogP contribution in [0.25, 0.3) is 11.2 Å². The minimum atomic E-state index is -5.59. The van der Waals surface area contributed by atoms with Crippen LogP contribution in [0, 0.1) is 5.41 Å².